The zero-order valence-corrected chi connectivity index (χ0v) is 14.1. The van der Waals surface area contributed by atoms with Crippen molar-refractivity contribution in [3.05, 3.63) is 69.1 Å². The minimum absolute atomic E-state index is 0.0394. The van der Waals surface area contributed by atoms with Crippen molar-refractivity contribution in [1.82, 2.24) is 10.3 Å². The Labute approximate surface area is 145 Å². The maximum Gasteiger partial charge on any atom is 0.252 e. The third kappa shape index (κ3) is 5.51. The van der Waals surface area contributed by atoms with Gasteiger partial charge in [-0.1, -0.05) is 29.8 Å². The topological polar surface area (TPSA) is 82.2 Å². The number of hydrogen-bond acceptors (Lipinski definition) is 3. The average Bonchev–Trinajstić information content (AvgIpc) is 2.57. The Morgan fingerprint density at radius 3 is 2.83 bits per heavy atom. The van der Waals surface area contributed by atoms with E-state index in [1.165, 1.54) is 0 Å². The van der Waals surface area contributed by atoms with Crippen LogP contribution >= 0.6 is 11.6 Å². The van der Waals surface area contributed by atoms with Crippen LogP contribution in [0.15, 0.2) is 47.4 Å². The van der Waals surface area contributed by atoms with Crippen LogP contribution in [0.25, 0.3) is 0 Å². The summed E-state index contributed by atoms with van der Waals surface area (Å²) < 4.78 is 0. The van der Waals surface area contributed by atoms with Gasteiger partial charge in [-0.2, -0.15) is 0 Å². The highest BCUT2D eigenvalue weighted by Gasteiger charge is 2.19. The van der Waals surface area contributed by atoms with Crippen LogP contribution in [0.5, 0.6) is 0 Å². The number of rotatable bonds is 8. The molecule has 0 aliphatic carbocycles. The summed E-state index contributed by atoms with van der Waals surface area (Å²) in [5, 5.41) is 12.5. The molecule has 24 heavy (non-hydrogen) atoms. The zero-order valence-electron chi connectivity index (χ0n) is 13.3. The molecule has 0 spiro atoms. The van der Waals surface area contributed by atoms with E-state index >= 15 is 0 Å². The van der Waals surface area contributed by atoms with Crippen molar-refractivity contribution in [2.24, 2.45) is 5.92 Å². The minimum Gasteiger partial charge on any atom is -0.396 e. The lowest BCUT2D eigenvalue weighted by atomic mass is 9.94. The third-order valence-electron chi connectivity index (χ3n) is 3.81. The van der Waals surface area contributed by atoms with Gasteiger partial charge in [0.25, 0.3) is 5.56 Å². The maximum absolute atomic E-state index is 12.5. The lowest BCUT2D eigenvalue weighted by Crippen LogP contribution is -2.33. The number of aromatic nitrogens is 1. The van der Waals surface area contributed by atoms with Gasteiger partial charge in [-0.15, -0.1) is 0 Å². The van der Waals surface area contributed by atoms with Gasteiger partial charge in [0.15, 0.2) is 0 Å². The van der Waals surface area contributed by atoms with Crippen molar-refractivity contribution < 1.29 is 9.90 Å². The van der Waals surface area contributed by atoms with E-state index in [2.05, 4.69) is 10.3 Å². The van der Waals surface area contributed by atoms with Crippen LogP contribution < -0.4 is 10.9 Å². The van der Waals surface area contributed by atoms with Crippen LogP contribution in [0.4, 0.5) is 0 Å². The Balaban J connectivity index is 2.02. The van der Waals surface area contributed by atoms with Crippen molar-refractivity contribution in [3.63, 3.8) is 0 Å². The third-order valence-corrected chi connectivity index (χ3v) is 4.04. The van der Waals surface area contributed by atoms with Crippen LogP contribution in [0, 0.1) is 5.92 Å². The SMILES string of the molecule is O=C(NCc1ccc[nH]c1=O)C(CCCO)Cc1cccc(Cl)c1. The molecular weight excluding hydrogens is 328 g/mol. The first-order chi connectivity index (χ1) is 11.6. The predicted molar refractivity (Wildman–Crippen MR) is 93.9 cm³/mol. The Kier molecular flexibility index (Phi) is 7.03. The first-order valence-corrected chi connectivity index (χ1v) is 8.27. The van der Waals surface area contributed by atoms with E-state index in [9.17, 15) is 9.59 Å². The summed E-state index contributed by atoms with van der Waals surface area (Å²) in [6, 6.07) is 10.8. The molecule has 1 unspecified atom stereocenters. The van der Waals surface area contributed by atoms with Gasteiger partial charge in [-0.05, 0) is 43.0 Å². The average molecular weight is 349 g/mol. The van der Waals surface area contributed by atoms with Crippen molar-refractivity contribution in [3.8, 4) is 0 Å². The highest BCUT2D eigenvalue weighted by atomic mass is 35.5. The summed E-state index contributed by atoms with van der Waals surface area (Å²) in [5.41, 5.74) is 1.27. The van der Waals surface area contributed by atoms with Crippen molar-refractivity contribution in [2.75, 3.05) is 6.61 Å². The van der Waals surface area contributed by atoms with Gasteiger partial charge in [-0.3, -0.25) is 9.59 Å². The number of carbonyl (C=O) groups is 1. The first kappa shape index (κ1) is 18.2. The Hall–Kier alpha value is -2.11. The number of carbonyl (C=O) groups excluding carboxylic acids is 1. The van der Waals surface area contributed by atoms with Gasteiger partial charge >= 0.3 is 0 Å². The molecular formula is C18H21ClN2O3. The fraction of sp³-hybridized carbons (Fsp3) is 0.333. The second-order valence-corrected chi connectivity index (χ2v) is 6.08. The minimum atomic E-state index is -0.279. The van der Waals surface area contributed by atoms with Gasteiger partial charge in [-0.25, -0.2) is 0 Å². The maximum atomic E-state index is 12.5. The monoisotopic (exact) mass is 348 g/mol. The highest BCUT2D eigenvalue weighted by molar-refractivity contribution is 6.30. The molecule has 1 aromatic heterocycles. The molecule has 128 valence electrons. The quantitative estimate of drug-likeness (QED) is 0.684. The Morgan fingerprint density at radius 2 is 2.12 bits per heavy atom. The molecule has 1 amide bonds. The van der Waals surface area contributed by atoms with Crippen LogP contribution in [0.1, 0.15) is 24.0 Å². The molecule has 6 heteroatoms. The number of H-pyrrole nitrogens is 1. The number of amides is 1. The predicted octanol–water partition coefficient (Wildman–Crippen LogP) is 2.28. The van der Waals surface area contributed by atoms with Crippen LogP contribution in [-0.2, 0) is 17.8 Å². The number of aliphatic hydroxyl groups excluding tert-OH is 1. The van der Waals surface area contributed by atoms with Gasteiger partial charge in [0.2, 0.25) is 5.91 Å². The van der Waals surface area contributed by atoms with Crippen LogP contribution in [-0.4, -0.2) is 22.6 Å². The zero-order chi connectivity index (χ0) is 17.4. The summed E-state index contributed by atoms with van der Waals surface area (Å²) in [7, 11) is 0. The van der Waals surface area contributed by atoms with E-state index in [1.54, 1.807) is 24.4 Å². The highest BCUT2D eigenvalue weighted by Crippen LogP contribution is 2.18. The summed E-state index contributed by atoms with van der Waals surface area (Å²) in [6.07, 6.45) is 3.21. The molecule has 0 saturated heterocycles. The first-order valence-electron chi connectivity index (χ1n) is 7.89. The molecule has 1 atom stereocenters. The molecule has 0 radical (unpaired) electrons. The van der Waals surface area contributed by atoms with Crippen LogP contribution in [0.2, 0.25) is 5.02 Å². The number of pyridine rings is 1. The van der Waals surface area contributed by atoms with E-state index in [-0.39, 0.29) is 30.5 Å². The molecule has 0 aliphatic rings. The molecule has 2 rings (SSSR count). The van der Waals surface area contributed by atoms with E-state index < -0.39 is 0 Å². The number of benzene rings is 1. The van der Waals surface area contributed by atoms with Crippen molar-refractivity contribution in [2.45, 2.75) is 25.8 Å². The fourth-order valence-electron chi connectivity index (χ4n) is 2.53. The smallest absolute Gasteiger partial charge is 0.252 e. The summed E-state index contributed by atoms with van der Waals surface area (Å²) in [6.45, 7) is 0.220. The number of hydrogen-bond donors (Lipinski definition) is 3. The van der Waals surface area contributed by atoms with Gasteiger partial charge in [0, 0.05) is 35.9 Å². The number of aromatic amines is 1. The van der Waals surface area contributed by atoms with Gasteiger partial charge < -0.3 is 15.4 Å². The van der Waals surface area contributed by atoms with E-state index in [1.807, 2.05) is 18.2 Å². The number of nitrogens with one attached hydrogen (secondary N) is 2. The lowest BCUT2D eigenvalue weighted by molar-refractivity contribution is -0.125. The standard InChI is InChI=1S/C18H21ClN2O3/c19-16-7-1-4-13(11-16)10-14(6-3-9-22)17(23)21-12-15-5-2-8-20-18(15)24/h1-2,4-5,7-8,11,14,22H,3,6,9-10,12H2,(H,20,24)(H,21,23). The summed E-state index contributed by atoms with van der Waals surface area (Å²) in [4.78, 5) is 26.7. The molecule has 1 heterocycles. The molecule has 0 aliphatic heterocycles. The molecule has 1 aromatic carbocycles. The lowest BCUT2D eigenvalue weighted by Gasteiger charge is -2.16. The Morgan fingerprint density at radius 1 is 1.29 bits per heavy atom. The molecule has 0 saturated carbocycles. The number of halogens is 1. The summed E-state index contributed by atoms with van der Waals surface area (Å²) >= 11 is 5.99. The molecule has 0 fully saturated rings. The Bertz CT molecular complexity index is 730. The van der Waals surface area contributed by atoms with E-state index in [4.69, 9.17) is 16.7 Å². The largest absolute Gasteiger partial charge is 0.396 e. The molecule has 2 aromatic rings. The van der Waals surface area contributed by atoms with Crippen molar-refractivity contribution in [1.29, 1.82) is 0 Å². The second kappa shape index (κ2) is 9.25. The molecule has 0 bridgehead atoms. The van der Waals surface area contributed by atoms with Crippen molar-refractivity contribution >= 4 is 17.5 Å². The van der Waals surface area contributed by atoms with Gasteiger partial charge in [0.05, 0.1) is 0 Å². The summed E-state index contributed by atoms with van der Waals surface area (Å²) in [5.74, 6) is -0.412. The van der Waals surface area contributed by atoms with Gasteiger partial charge in [0.1, 0.15) is 0 Å². The van der Waals surface area contributed by atoms with E-state index in [0.717, 1.165) is 5.56 Å². The van der Waals surface area contributed by atoms with Crippen LogP contribution in [0.3, 0.4) is 0 Å². The normalized spacial score (nSPS) is 11.9. The molecule has 5 nitrogen and oxygen atoms in total. The van der Waals surface area contributed by atoms with E-state index in [0.29, 0.717) is 29.8 Å². The number of aliphatic hydroxyl groups is 1. The fourth-order valence-corrected chi connectivity index (χ4v) is 2.75. The second-order valence-electron chi connectivity index (χ2n) is 5.64. The molecule has 3 N–H and O–H groups in total.